The molecule has 1 heteroatoms. The largest absolute Gasteiger partial charge is 0.179 e. The molecule has 0 saturated carbocycles. The van der Waals surface area contributed by atoms with Crippen molar-refractivity contribution in [1.82, 2.24) is 0 Å². The second-order valence-electron chi connectivity index (χ2n) is 7.56. The van der Waals surface area contributed by atoms with Gasteiger partial charge in [-0.3, -0.25) is 0 Å². The van der Waals surface area contributed by atoms with Gasteiger partial charge in [-0.1, -0.05) is 60.7 Å². The summed E-state index contributed by atoms with van der Waals surface area (Å²) in [5.74, 6) is 0. The third kappa shape index (κ3) is 2.61. The van der Waals surface area contributed by atoms with E-state index in [2.05, 4.69) is 97.1 Å². The summed E-state index contributed by atoms with van der Waals surface area (Å²) in [5.41, 5.74) is 7.13. The van der Waals surface area contributed by atoms with Crippen molar-refractivity contribution >= 4 is 10.8 Å². The second kappa shape index (κ2) is 7.62. The Bertz CT molecular complexity index is 1300. The first kappa shape index (κ1) is 19.4. The van der Waals surface area contributed by atoms with E-state index in [0.717, 1.165) is 11.1 Å². The van der Waals surface area contributed by atoms with Crippen LogP contribution in [-0.4, -0.2) is 0 Å². The fourth-order valence-electron chi connectivity index (χ4n) is 5.03. The van der Waals surface area contributed by atoms with Gasteiger partial charge in [0, 0.05) is 38.1 Å². The van der Waals surface area contributed by atoms with Crippen LogP contribution < -0.4 is 0 Å². The molecule has 0 aliphatic heterocycles. The predicted molar refractivity (Wildman–Crippen MR) is 119 cm³/mol. The van der Waals surface area contributed by atoms with Crippen LogP contribution in [0.1, 0.15) is 22.3 Å². The first-order valence-electron chi connectivity index (χ1n) is 9.97. The van der Waals surface area contributed by atoms with E-state index in [1.54, 1.807) is 0 Å². The van der Waals surface area contributed by atoms with Crippen LogP contribution in [0.2, 0.25) is 0 Å². The van der Waals surface area contributed by atoms with E-state index in [-0.39, 0.29) is 32.7 Å². The van der Waals surface area contributed by atoms with Crippen molar-refractivity contribution < 1.29 is 32.7 Å². The average Bonchev–Trinajstić information content (AvgIpc) is 3.12. The summed E-state index contributed by atoms with van der Waals surface area (Å²) in [6.07, 6.45) is 0. The number of hydrogen-bond donors (Lipinski definition) is 0. The van der Waals surface area contributed by atoms with Gasteiger partial charge >= 0.3 is 0 Å². The minimum Gasteiger partial charge on any atom is -0.179 e. The van der Waals surface area contributed by atoms with Gasteiger partial charge in [-0.15, -0.1) is 11.1 Å². The molecule has 0 aromatic heterocycles. The molecule has 1 aliphatic carbocycles. The van der Waals surface area contributed by atoms with E-state index in [9.17, 15) is 0 Å². The normalized spacial score (nSPS) is 13.3. The minimum absolute atomic E-state index is 0. The maximum absolute atomic E-state index is 3.56. The van der Waals surface area contributed by atoms with E-state index >= 15 is 0 Å². The quantitative estimate of drug-likeness (QED) is 0.252. The van der Waals surface area contributed by atoms with E-state index in [1.165, 1.54) is 33.0 Å². The summed E-state index contributed by atoms with van der Waals surface area (Å²) in [4.78, 5) is 0. The third-order valence-corrected chi connectivity index (χ3v) is 6.16. The molecule has 0 amide bonds. The molecule has 5 aromatic rings. The Morgan fingerprint density at radius 2 is 1.17 bits per heavy atom. The molecule has 0 N–H and O–H groups in total. The van der Waals surface area contributed by atoms with Gasteiger partial charge < -0.3 is 0 Å². The van der Waals surface area contributed by atoms with Gasteiger partial charge in [0.1, 0.15) is 0 Å². The molecule has 1 aliphatic rings. The van der Waals surface area contributed by atoms with Gasteiger partial charge in [0.2, 0.25) is 0 Å². The predicted octanol–water partition coefficient (Wildman–Crippen LogP) is 6.80. The molecule has 0 saturated heterocycles. The smallest absolute Gasteiger partial charge is 0.0266 e. The Balaban J connectivity index is 0.00000193. The summed E-state index contributed by atoms with van der Waals surface area (Å²) in [5, 5.41) is 2.57. The number of fused-ring (bicyclic) bond motifs is 5. The average molecular weight is 455 g/mol. The van der Waals surface area contributed by atoms with Crippen LogP contribution in [0, 0.1) is 12.1 Å². The van der Waals surface area contributed by atoms with E-state index in [0.29, 0.717) is 0 Å². The number of benzene rings is 5. The first-order valence-corrected chi connectivity index (χ1v) is 9.97. The van der Waals surface area contributed by atoms with Crippen molar-refractivity contribution in [2.24, 2.45) is 0 Å². The van der Waals surface area contributed by atoms with Crippen molar-refractivity contribution in [3.8, 4) is 11.1 Å². The number of rotatable bonds is 2. The van der Waals surface area contributed by atoms with Crippen LogP contribution in [0.4, 0.5) is 0 Å². The number of hydrogen-bond acceptors (Lipinski definition) is 0. The van der Waals surface area contributed by atoms with Gasteiger partial charge in [0.25, 0.3) is 0 Å². The maximum Gasteiger partial charge on any atom is 0.0266 e. The Hall–Kier alpha value is -2.54. The minimum atomic E-state index is -0.418. The second-order valence-corrected chi connectivity index (χ2v) is 7.56. The molecule has 0 heterocycles. The van der Waals surface area contributed by atoms with Crippen LogP contribution >= 0.6 is 0 Å². The Kier molecular flexibility index (Phi) is 4.93. The van der Waals surface area contributed by atoms with E-state index < -0.39 is 5.41 Å². The van der Waals surface area contributed by atoms with Crippen LogP contribution in [-0.2, 0) is 38.1 Å². The van der Waals surface area contributed by atoms with Gasteiger partial charge in [0.05, 0.1) is 0 Å². The fraction of sp³-hybridized carbons (Fsp3) is 0.0345. The SMILES string of the molecule is [Y].[c-]1ccccc1C1(c2[c-]cccc2)c2ccccc2-c2c1ccc1ccccc21. The van der Waals surface area contributed by atoms with Gasteiger partial charge in [0.15, 0.2) is 0 Å². The maximum atomic E-state index is 3.56. The zero-order chi connectivity index (χ0) is 19.3. The zero-order valence-electron chi connectivity index (χ0n) is 16.5. The molecule has 139 valence electrons. The monoisotopic (exact) mass is 455 g/mol. The zero-order valence-corrected chi connectivity index (χ0v) is 19.3. The van der Waals surface area contributed by atoms with Crippen molar-refractivity contribution in [3.05, 3.63) is 144 Å². The standard InChI is InChI=1S/C29H18.Y/c1-3-12-22(13-4-1)29(23-14-5-2-6-15-23)26-18-10-9-17-25(26)28-24-16-8-7-11-21(24)19-20-27(28)29;/h1-12,14,16-20H;/q-2;. The summed E-state index contributed by atoms with van der Waals surface area (Å²) in [6.45, 7) is 0. The van der Waals surface area contributed by atoms with Crippen LogP contribution in [0.3, 0.4) is 0 Å². The molecule has 0 nitrogen and oxygen atoms in total. The van der Waals surface area contributed by atoms with Gasteiger partial charge in [-0.2, -0.15) is 60.7 Å². The van der Waals surface area contributed by atoms with Gasteiger partial charge in [-0.25, -0.2) is 0 Å². The molecule has 6 rings (SSSR count). The third-order valence-electron chi connectivity index (χ3n) is 6.16. The Labute approximate surface area is 202 Å². The van der Waals surface area contributed by atoms with Crippen molar-refractivity contribution in [3.63, 3.8) is 0 Å². The fourth-order valence-corrected chi connectivity index (χ4v) is 5.03. The molecular formula is C29H18Y-2. The molecule has 5 aromatic carbocycles. The molecule has 0 atom stereocenters. The summed E-state index contributed by atoms with van der Waals surface area (Å²) >= 11 is 0. The van der Waals surface area contributed by atoms with Crippen LogP contribution in [0.15, 0.2) is 109 Å². The summed E-state index contributed by atoms with van der Waals surface area (Å²) in [7, 11) is 0. The molecule has 30 heavy (non-hydrogen) atoms. The van der Waals surface area contributed by atoms with Crippen LogP contribution in [0.25, 0.3) is 21.9 Å². The van der Waals surface area contributed by atoms with Crippen molar-refractivity contribution in [2.75, 3.05) is 0 Å². The molecule has 1 radical (unpaired) electrons. The Morgan fingerprint density at radius 3 is 1.87 bits per heavy atom. The summed E-state index contributed by atoms with van der Waals surface area (Å²) in [6, 6.07) is 45.9. The van der Waals surface area contributed by atoms with E-state index in [1.807, 2.05) is 24.3 Å². The van der Waals surface area contributed by atoms with Crippen molar-refractivity contribution in [1.29, 1.82) is 0 Å². The molecule has 0 unspecified atom stereocenters. The topological polar surface area (TPSA) is 0 Å². The van der Waals surface area contributed by atoms with E-state index in [4.69, 9.17) is 0 Å². The molecule has 0 spiro atoms. The molecule has 0 bridgehead atoms. The molecule has 0 fully saturated rings. The van der Waals surface area contributed by atoms with Crippen molar-refractivity contribution in [2.45, 2.75) is 5.41 Å². The first-order chi connectivity index (χ1) is 14.4. The summed E-state index contributed by atoms with van der Waals surface area (Å²) < 4.78 is 0. The molecular weight excluding hydrogens is 437 g/mol. The van der Waals surface area contributed by atoms with Crippen LogP contribution in [0.5, 0.6) is 0 Å². The Morgan fingerprint density at radius 1 is 0.533 bits per heavy atom. The van der Waals surface area contributed by atoms with Gasteiger partial charge in [-0.05, 0) is 33.0 Å².